The lowest BCUT2D eigenvalue weighted by molar-refractivity contribution is -0.119. The molecule has 0 atom stereocenters. The molecule has 1 aliphatic heterocycles. The number of hydrogen-bond acceptors (Lipinski definition) is 5. The van der Waals surface area contributed by atoms with E-state index in [1.54, 1.807) is 11.0 Å². The van der Waals surface area contributed by atoms with Gasteiger partial charge in [-0.15, -0.1) is 0 Å². The number of aromatic hydroxyl groups is 1. The number of carbonyl (C=O) groups is 1. The minimum Gasteiger partial charge on any atom is -0.506 e. The van der Waals surface area contributed by atoms with Crippen molar-refractivity contribution in [1.29, 1.82) is 0 Å². The van der Waals surface area contributed by atoms with Crippen LogP contribution >= 0.6 is 0 Å². The van der Waals surface area contributed by atoms with Crippen LogP contribution in [0.25, 0.3) is 0 Å². The first-order valence-electron chi connectivity index (χ1n) is 6.01. The van der Waals surface area contributed by atoms with Crippen LogP contribution in [0.2, 0.25) is 0 Å². The highest BCUT2D eigenvalue weighted by Crippen LogP contribution is 2.36. The van der Waals surface area contributed by atoms with Crippen molar-refractivity contribution in [2.75, 3.05) is 4.90 Å². The third kappa shape index (κ3) is 1.64. The summed E-state index contributed by atoms with van der Waals surface area (Å²) in [6.45, 7) is 0. The van der Waals surface area contributed by atoms with Crippen molar-refractivity contribution in [2.45, 2.75) is 37.8 Å². The van der Waals surface area contributed by atoms with Gasteiger partial charge < -0.3 is 5.11 Å². The van der Waals surface area contributed by atoms with Gasteiger partial charge in [0.1, 0.15) is 11.6 Å². The fraction of sp³-hybridized carbons (Fsp3) is 0.500. The van der Waals surface area contributed by atoms with Gasteiger partial charge in [0.05, 0.1) is 12.2 Å². The molecule has 1 N–H and O–H groups in total. The van der Waals surface area contributed by atoms with Gasteiger partial charge in [-0.3, -0.25) is 9.69 Å². The number of carbonyl (C=O) groups excluding carboxylic acids is 1. The average molecular weight is 247 g/mol. The van der Waals surface area contributed by atoms with E-state index in [2.05, 4.69) is 10.2 Å². The number of aromatic nitrogens is 1. The summed E-state index contributed by atoms with van der Waals surface area (Å²) in [6, 6.07) is 1.50. The number of hydrogen-bond donors (Lipinski definition) is 1. The van der Waals surface area contributed by atoms with E-state index in [1.165, 1.54) is 6.20 Å². The van der Waals surface area contributed by atoms with Crippen molar-refractivity contribution in [3.05, 3.63) is 22.7 Å². The van der Waals surface area contributed by atoms with E-state index >= 15 is 0 Å². The lowest BCUT2D eigenvalue weighted by atomic mass is 9.85. The molecule has 6 nitrogen and oxygen atoms in total. The molecule has 1 aliphatic carbocycles. The van der Waals surface area contributed by atoms with Gasteiger partial charge in [0, 0.05) is 12.5 Å². The standard InChI is InChI=1S/C12H13N3O3/c16-10-3-7-1-2-11(17)15(12(7)13-6-10)9-4-8(5-9)14-18/h3,6,8-9,16H,1-2,4-5H2. The van der Waals surface area contributed by atoms with Crippen LogP contribution in [-0.2, 0) is 11.2 Å². The summed E-state index contributed by atoms with van der Waals surface area (Å²) < 4.78 is 0. The topological polar surface area (TPSA) is 82.9 Å². The highest BCUT2D eigenvalue weighted by Gasteiger charge is 2.40. The first-order chi connectivity index (χ1) is 8.69. The van der Waals surface area contributed by atoms with Gasteiger partial charge in [0.2, 0.25) is 5.91 Å². The van der Waals surface area contributed by atoms with Crippen LogP contribution in [0.4, 0.5) is 5.82 Å². The summed E-state index contributed by atoms with van der Waals surface area (Å²) in [5.41, 5.74) is 0.886. The predicted molar refractivity (Wildman–Crippen MR) is 64.3 cm³/mol. The normalized spacial score (nSPS) is 26.4. The maximum atomic E-state index is 12.0. The third-order valence-corrected chi connectivity index (χ3v) is 3.64. The molecule has 1 aromatic rings. The molecular weight excluding hydrogens is 234 g/mol. The molecule has 18 heavy (non-hydrogen) atoms. The van der Waals surface area contributed by atoms with E-state index in [0.717, 1.165) is 5.56 Å². The van der Waals surface area contributed by atoms with Crippen LogP contribution in [0.3, 0.4) is 0 Å². The summed E-state index contributed by atoms with van der Waals surface area (Å²) in [4.78, 5) is 28.2. The second-order valence-electron chi connectivity index (χ2n) is 4.82. The number of rotatable bonds is 2. The van der Waals surface area contributed by atoms with Gasteiger partial charge >= 0.3 is 0 Å². The molecule has 1 fully saturated rings. The first kappa shape index (κ1) is 11.1. The van der Waals surface area contributed by atoms with Crippen LogP contribution in [0.15, 0.2) is 17.4 Å². The quantitative estimate of drug-likeness (QED) is 0.800. The van der Waals surface area contributed by atoms with Crippen LogP contribution in [-0.4, -0.2) is 28.1 Å². The molecule has 0 saturated heterocycles. The molecule has 1 saturated carbocycles. The largest absolute Gasteiger partial charge is 0.506 e. The summed E-state index contributed by atoms with van der Waals surface area (Å²) >= 11 is 0. The molecule has 3 rings (SSSR count). The Hall–Kier alpha value is -1.98. The SMILES string of the molecule is O=NC1CC(N2C(=O)CCc3cc(O)cnc32)C1. The fourth-order valence-electron chi connectivity index (χ4n) is 2.60. The number of pyridine rings is 1. The van der Waals surface area contributed by atoms with E-state index in [-0.39, 0.29) is 23.7 Å². The second kappa shape index (κ2) is 4.04. The minimum atomic E-state index is -0.176. The van der Waals surface area contributed by atoms with Gasteiger partial charge in [-0.05, 0) is 30.9 Å². The van der Waals surface area contributed by atoms with Crippen molar-refractivity contribution in [3.8, 4) is 5.75 Å². The van der Waals surface area contributed by atoms with Crippen LogP contribution in [0.5, 0.6) is 5.75 Å². The molecule has 1 aromatic heterocycles. The zero-order chi connectivity index (χ0) is 12.7. The predicted octanol–water partition coefficient (Wildman–Crippen LogP) is 1.36. The second-order valence-corrected chi connectivity index (χ2v) is 4.82. The number of nitrogens with zero attached hydrogens (tertiary/aromatic N) is 3. The highest BCUT2D eigenvalue weighted by molar-refractivity contribution is 5.96. The summed E-state index contributed by atoms with van der Waals surface area (Å²) in [5.74, 6) is 0.775. The van der Waals surface area contributed by atoms with E-state index in [9.17, 15) is 14.8 Å². The highest BCUT2D eigenvalue weighted by atomic mass is 16.3. The Morgan fingerprint density at radius 3 is 2.89 bits per heavy atom. The molecular formula is C12H13N3O3. The Bertz CT molecular complexity index is 511. The maximum Gasteiger partial charge on any atom is 0.228 e. The van der Waals surface area contributed by atoms with E-state index < -0.39 is 0 Å². The van der Waals surface area contributed by atoms with Crippen LogP contribution < -0.4 is 4.90 Å². The van der Waals surface area contributed by atoms with E-state index in [4.69, 9.17) is 0 Å². The molecule has 2 heterocycles. The van der Waals surface area contributed by atoms with Crippen LogP contribution in [0, 0.1) is 4.91 Å². The summed E-state index contributed by atoms with van der Waals surface area (Å²) in [5, 5.41) is 12.4. The number of amides is 1. The monoisotopic (exact) mass is 247 g/mol. The van der Waals surface area contributed by atoms with Gasteiger partial charge in [-0.1, -0.05) is 5.18 Å². The lowest BCUT2D eigenvalue weighted by Crippen LogP contribution is -2.51. The Kier molecular flexibility index (Phi) is 2.50. The minimum absolute atomic E-state index is 0.0243. The summed E-state index contributed by atoms with van der Waals surface area (Å²) in [7, 11) is 0. The number of fused-ring (bicyclic) bond motifs is 1. The van der Waals surface area contributed by atoms with Crippen molar-refractivity contribution in [2.24, 2.45) is 5.18 Å². The average Bonchev–Trinajstić information content (AvgIpc) is 2.30. The van der Waals surface area contributed by atoms with Gasteiger partial charge in [0.15, 0.2) is 0 Å². The zero-order valence-corrected chi connectivity index (χ0v) is 9.74. The number of nitroso groups, excluding NO2 is 1. The molecule has 0 radical (unpaired) electrons. The van der Waals surface area contributed by atoms with Crippen molar-refractivity contribution in [3.63, 3.8) is 0 Å². The number of anilines is 1. The zero-order valence-electron chi connectivity index (χ0n) is 9.74. The fourth-order valence-corrected chi connectivity index (χ4v) is 2.60. The van der Waals surface area contributed by atoms with Crippen molar-refractivity contribution < 1.29 is 9.90 Å². The smallest absolute Gasteiger partial charge is 0.228 e. The first-order valence-corrected chi connectivity index (χ1v) is 6.01. The van der Waals surface area contributed by atoms with E-state index in [1.807, 2.05) is 0 Å². The molecule has 94 valence electrons. The molecule has 0 bridgehead atoms. The molecule has 2 aliphatic rings. The molecule has 6 heteroatoms. The Morgan fingerprint density at radius 1 is 1.39 bits per heavy atom. The molecule has 0 aromatic carbocycles. The lowest BCUT2D eigenvalue weighted by Gasteiger charge is -2.41. The molecule has 1 amide bonds. The van der Waals surface area contributed by atoms with Gasteiger partial charge in [0.25, 0.3) is 0 Å². The van der Waals surface area contributed by atoms with Crippen molar-refractivity contribution >= 4 is 11.7 Å². The van der Waals surface area contributed by atoms with E-state index in [0.29, 0.717) is 31.5 Å². The summed E-state index contributed by atoms with van der Waals surface area (Å²) in [6.07, 6.45) is 3.59. The van der Waals surface area contributed by atoms with Crippen molar-refractivity contribution in [1.82, 2.24) is 4.98 Å². The third-order valence-electron chi connectivity index (χ3n) is 3.64. The Balaban J connectivity index is 1.90. The Labute approximate surface area is 104 Å². The maximum absolute atomic E-state index is 12.0. The number of aryl methyl sites for hydroxylation is 1. The van der Waals surface area contributed by atoms with Gasteiger partial charge in [-0.2, -0.15) is 4.91 Å². The van der Waals surface area contributed by atoms with Crippen LogP contribution in [0.1, 0.15) is 24.8 Å². The van der Waals surface area contributed by atoms with Gasteiger partial charge in [-0.25, -0.2) is 4.98 Å². The molecule has 0 unspecified atom stereocenters. The molecule has 0 spiro atoms. The Morgan fingerprint density at radius 2 is 2.17 bits per heavy atom.